The third-order valence-electron chi connectivity index (χ3n) is 4.61. The molecule has 2 unspecified atom stereocenters. The lowest BCUT2D eigenvalue weighted by atomic mass is 9.98. The second-order valence-corrected chi connectivity index (χ2v) is 6.56. The van der Waals surface area contributed by atoms with Gasteiger partial charge >= 0.3 is 0 Å². The Balaban J connectivity index is 1.71. The van der Waals surface area contributed by atoms with Crippen molar-refractivity contribution >= 4 is 11.6 Å². The van der Waals surface area contributed by atoms with Gasteiger partial charge in [-0.2, -0.15) is 0 Å². The number of carbonyl (C=O) groups is 1. The van der Waals surface area contributed by atoms with Crippen LogP contribution in [0.25, 0.3) is 0 Å². The second kappa shape index (κ2) is 6.06. The Kier molecular flexibility index (Phi) is 4.15. The van der Waals surface area contributed by atoms with Crippen LogP contribution in [0.15, 0.2) is 24.3 Å². The number of nitrogens with two attached hydrogens (primary N) is 1. The molecule has 2 atom stereocenters. The lowest BCUT2D eigenvalue weighted by molar-refractivity contribution is -0.131. The Morgan fingerprint density at radius 3 is 2.95 bits per heavy atom. The fraction of sp³-hybridized carbons (Fsp3) is 0.588. The van der Waals surface area contributed by atoms with Crippen molar-refractivity contribution in [2.24, 2.45) is 11.7 Å². The van der Waals surface area contributed by atoms with E-state index in [0.29, 0.717) is 12.5 Å². The quantitative estimate of drug-likeness (QED) is 0.899. The average Bonchev–Trinajstić information content (AvgIpc) is 2.47. The van der Waals surface area contributed by atoms with Crippen LogP contribution in [0.2, 0.25) is 0 Å². The highest BCUT2D eigenvalue weighted by Crippen LogP contribution is 2.26. The minimum absolute atomic E-state index is 0.118. The number of piperidine rings is 1. The second-order valence-electron chi connectivity index (χ2n) is 6.56. The van der Waals surface area contributed by atoms with Crippen molar-refractivity contribution in [3.05, 3.63) is 29.8 Å². The van der Waals surface area contributed by atoms with Crippen LogP contribution in [0.5, 0.6) is 0 Å². The topological polar surface area (TPSA) is 49.6 Å². The van der Waals surface area contributed by atoms with E-state index in [-0.39, 0.29) is 11.9 Å². The average molecular weight is 287 g/mol. The molecule has 1 saturated heterocycles. The predicted molar refractivity (Wildman–Crippen MR) is 85.3 cm³/mol. The summed E-state index contributed by atoms with van der Waals surface area (Å²) in [6.45, 7) is 5.26. The minimum atomic E-state index is 0.118. The predicted octanol–water partition coefficient (Wildman–Crippen LogP) is 1.63. The Hall–Kier alpha value is -1.55. The highest BCUT2D eigenvalue weighted by molar-refractivity contribution is 5.82. The largest absolute Gasteiger partial charge is 0.360 e. The molecule has 1 aromatic rings. The van der Waals surface area contributed by atoms with Gasteiger partial charge in [-0.05, 0) is 36.8 Å². The zero-order valence-electron chi connectivity index (χ0n) is 12.8. The summed E-state index contributed by atoms with van der Waals surface area (Å²) in [5.74, 6) is 0.865. The van der Waals surface area contributed by atoms with Crippen molar-refractivity contribution in [1.82, 2.24) is 4.90 Å². The van der Waals surface area contributed by atoms with Gasteiger partial charge in [-0.3, -0.25) is 4.79 Å². The molecule has 1 amide bonds. The molecule has 2 aliphatic rings. The van der Waals surface area contributed by atoms with Gasteiger partial charge < -0.3 is 15.5 Å². The number of anilines is 1. The first-order valence-corrected chi connectivity index (χ1v) is 7.99. The number of rotatable bonds is 2. The van der Waals surface area contributed by atoms with Gasteiger partial charge in [0.05, 0.1) is 6.54 Å². The number of hydrogen-bond acceptors (Lipinski definition) is 3. The Morgan fingerprint density at radius 2 is 2.14 bits per heavy atom. The molecule has 1 aromatic carbocycles. The number of fused-ring (bicyclic) bond motifs is 1. The van der Waals surface area contributed by atoms with E-state index in [1.54, 1.807) is 0 Å². The highest BCUT2D eigenvalue weighted by atomic mass is 16.2. The molecule has 0 aliphatic carbocycles. The molecule has 0 spiro atoms. The SMILES string of the molecule is CC1CCCN(C(=O)CN2CC(N)Cc3ccccc32)C1. The van der Waals surface area contributed by atoms with Crippen molar-refractivity contribution in [3.8, 4) is 0 Å². The summed E-state index contributed by atoms with van der Waals surface area (Å²) in [6.07, 6.45) is 3.27. The first kappa shape index (κ1) is 14.4. The van der Waals surface area contributed by atoms with Crippen molar-refractivity contribution < 1.29 is 4.79 Å². The van der Waals surface area contributed by atoms with Gasteiger partial charge in [0.2, 0.25) is 5.91 Å². The summed E-state index contributed by atoms with van der Waals surface area (Å²) in [5.41, 5.74) is 8.59. The monoisotopic (exact) mass is 287 g/mol. The summed E-state index contributed by atoms with van der Waals surface area (Å²) in [5, 5.41) is 0. The molecule has 0 radical (unpaired) electrons. The fourth-order valence-corrected chi connectivity index (χ4v) is 3.55. The summed E-state index contributed by atoms with van der Waals surface area (Å²) in [7, 11) is 0. The van der Waals surface area contributed by atoms with Crippen LogP contribution in [0.3, 0.4) is 0 Å². The maximum absolute atomic E-state index is 12.6. The maximum Gasteiger partial charge on any atom is 0.242 e. The standard InChI is InChI=1S/C17H25N3O/c1-13-5-4-8-19(10-13)17(21)12-20-11-15(18)9-14-6-2-3-7-16(14)20/h2-3,6-7,13,15H,4-5,8-12,18H2,1H3. The number of likely N-dealkylation sites (tertiary alicyclic amines) is 1. The van der Waals surface area contributed by atoms with Gasteiger partial charge in [0.1, 0.15) is 0 Å². The summed E-state index contributed by atoms with van der Waals surface area (Å²) in [4.78, 5) is 16.8. The van der Waals surface area contributed by atoms with E-state index in [1.807, 2.05) is 17.0 Å². The molecule has 4 nitrogen and oxygen atoms in total. The van der Waals surface area contributed by atoms with E-state index in [0.717, 1.165) is 32.5 Å². The van der Waals surface area contributed by atoms with Crippen molar-refractivity contribution in [1.29, 1.82) is 0 Å². The zero-order valence-corrected chi connectivity index (χ0v) is 12.8. The van der Waals surface area contributed by atoms with Gasteiger partial charge in [0.15, 0.2) is 0 Å². The third kappa shape index (κ3) is 3.21. The Bertz CT molecular complexity index is 517. The van der Waals surface area contributed by atoms with Gasteiger partial charge in [0.25, 0.3) is 0 Å². The molecule has 0 saturated carbocycles. The van der Waals surface area contributed by atoms with E-state index >= 15 is 0 Å². The van der Waals surface area contributed by atoms with E-state index < -0.39 is 0 Å². The zero-order chi connectivity index (χ0) is 14.8. The molecule has 21 heavy (non-hydrogen) atoms. The van der Waals surface area contributed by atoms with E-state index in [1.165, 1.54) is 17.7 Å². The minimum Gasteiger partial charge on any atom is -0.360 e. The van der Waals surface area contributed by atoms with E-state index in [9.17, 15) is 4.79 Å². The summed E-state index contributed by atoms with van der Waals surface area (Å²) in [6, 6.07) is 8.43. The smallest absolute Gasteiger partial charge is 0.242 e. The molecule has 1 fully saturated rings. The van der Waals surface area contributed by atoms with Crippen LogP contribution in [0.4, 0.5) is 5.69 Å². The van der Waals surface area contributed by atoms with Crippen LogP contribution in [0.1, 0.15) is 25.3 Å². The molecule has 3 rings (SSSR count). The maximum atomic E-state index is 12.6. The molecule has 2 aliphatic heterocycles. The van der Waals surface area contributed by atoms with Gasteiger partial charge in [-0.1, -0.05) is 25.1 Å². The van der Waals surface area contributed by atoms with Crippen LogP contribution in [-0.4, -0.2) is 43.0 Å². The highest BCUT2D eigenvalue weighted by Gasteiger charge is 2.26. The van der Waals surface area contributed by atoms with Crippen LogP contribution < -0.4 is 10.6 Å². The number of amides is 1. The van der Waals surface area contributed by atoms with Gasteiger partial charge in [-0.15, -0.1) is 0 Å². The number of para-hydroxylation sites is 1. The Labute approximate surface area is 126 Å². The molecule has 0 aromatic heterocycles. The summed E-state index contributed by atoms with van der Waals surface area (Å²) < 4.78 is 0. The fourth-order valence-electron chi connectivity index (χ4n) is 3.55. The normalized spacial score (nSPS) is 25.6. The molecule has 2 N–H and O–H groups in total. The van der Waals surface area contributed by atoms with Crippen LogP contribution in [0, 0.1) is 5.92 Å². The summed E-state index contributed by atoms with van der Waals surface area (Å²) >= 11 is 0. The van der Waals surface area contributed by atoms with Crippen molar-refractivity contribution in [3.63, 3.8) is 0 Å². The molecule has 2 heterocycles. The van der Waals surface area contributed by atoms with Crippen LogP contribution in [-0.2, 0) is 11.2 Å². The Morgan fingerprint density at radius 1 is 1.33 bits per heavy atom. The lowest BCUT2D eigenvalue weighted by Crippen LogP contribution is -2.49. The van der Waals surface area contributed by atoms with Gasteiger partial charge in [0, 0.05) is 31.4 Å². The molecule has 4 heteroatoms. The van der Waals surface area contributed by atoms with Crippen molar-refractivity contribution in [2.45, 2.75) is 32.2 Å². The lowest BCUT2D eigenvalue weighted by Gasteiger charge is -2.37. The van der Waals surface area contributed by atoms with Gasteiger partial charge in [-0.25, -0.2) is 0 Å². The third-order valence-corrected chi connectivity index (χ3v) is 4.61. The first-order chi connectivity index (χ1) is 10.1. The number of hydrogen-bond donors (Lipinski definition) is 1. The first-order valence-electron chi connectivity index (χ1n) is 7.99. The number of carbonyl (C=O) groups excluding carboxylic acids is 1. The molecular formula is C17H25N3O. The molecule has 114 valence electrons. The molecule has 0 bridgehead atoms. The van der Waals surface area contributed by atoms with Crippen molar-refractivity contribution in [2.75, 3.05) is 31.1 Å². The number of nitrogens with zero attached hydrogens (tertiary/aromatic N) is 2. The van der Waals surface area contributed by atoms with E-state index in [2.05, 4.69) is 24.0 Å². The number of benzene rings is 1. The van der Waals surface area contributed by atoms with Crippen LogP contribution >= 0.6 is 0 Å². The van der Waals surface area contributed by atoms with E-state index in [4.69, 9.17) is 5.73 Å². The molecular weight excluding hydrogens is 262 g/mol.